The van der Waals surface area contributed by atoms with Gasteiger partial charge in [-0.15, -0.1) is 0 Å². The molecule has 0 fully saturated rings. The Morgan fingerprint density at radius 2 is 2.18 bits per heavy atom. The second-order valence-corrected chi connectivity index (χ2v) is 7.11. The highest BCUT2D eigenvalue weighted by Gasteiger charge is 2.29. The first-order chi connectivity index (χ1) is 10.4. The lowest BCUT2D eigenvalue weighted by Gasteiger charge is -2.20. The van der Waals surface area contributed by atoms with Crippen molar-refractivity contribution < 1.29 is 8.42 Å². The fraction of sp³-hybridized carbons (Fsp3) is 0.214. The third kappa shape index (κ3) is 2.41. The molecule has 2 heterocycles. The summed E-state index contributed by atoms with van der Waals surface area (Å²) >= 11 is 0. The number of nitrogens with zero attached hydrogens (tertiary/aromatic N) is 1. The number of anilines is 3. The van der Waals surface area contributed by atoms with Gasteiger partial charge in [-0.1, -0.05) is 12.1 Å². The lowest BCUT2D eigenvalue weighted by molar-refractivity contribution is 0.598. The molecule has 0 aliphatic carbocycles. The Kier molecular flexibility index (Phi) is 3.32. The zero-order valence-electron chi connectivity index (χ0n) is 12.1. The van der Waals surface area contributed by atoms with Gasteiger partial charge >= 0.3 is 0 Å². The van der Waals surface area contributed by atoms with Crippen molar-refractivity contribution in [3.05, 3.63) is 41.6 Å². The van der Waals surface area contributed by atoms with E-state index in [2.05, 4.69) is 10.3 Å². The van der Waals surface area contributed by atoms with Crippen LogP contribution in [0.1, 0.15) is 11.1 Å². The second-order valence-electron chi connectivity index (χ2n) is 5.20. The number of aromatic nitrogens is 1. The van der Waals surface area contributed by atoms with Gasteiger partial charge in [0.2, 0.25) is 10.0 Å². The van der Waals surface area contributed by atoms with Crippen molar-refractivity contribution in [1.29, 1.82) is 5.41 Å². The van der Waals surface area contributed by atoms with E-state index in [1.165, 1.54) is 10.6 Å². The molecule has 0 unspecified atom stereocenters. The van der Waals surface area contributed by atoms with Gasteiger partial charge in [-0.05, 0) is 24.1 Å². The molecule has 116 valence electrons. The van der Waals surface area contributed by atoms with Gasteiger partial charge in [0.05, 0.1) is 23.2 Å². The van der Waals surface area contributed by atoms with E-state index in [9.17, 15) is 8.42 Å². The lowest BCUT2D eigenvalue weighted by Crippen LogP contribution is -2.28. The average molecular weight is 319 g/mol. The van der Waals surface area contributed by atoms with Gasteiger partial charge in [0.25, 0.3) is 0 Å². The lowest BCUT2D eigenvalue weighted by atomic mass is 10.1. The SMILES string of the molecule is CS(=O)(=O)N1CCc2cccc(NC(=N)c3cc[nH]c3N)c21. The number of para-hydroxylation sites is 1. The monoisotopic (exact) mass is 319 g/mol. The summed E-state index contributed by atoms with van der Waals surface area (Å²) in [5.41, 5.74) is 8.46. The number of nitrogens with one attached hydrogen (secondary N) is 3. The highest BCUT2D eigenvalue weighted by Crippen LogP contribution is 2.37. The number of H-pyrrole nitrogens is 1. The number of hydrogen-bond donors (Lipinski definition) is 4. The van der Waals surface area contributed by atoms with Crippen molar-refractivity contribution in [1.82, 2.24) is 4.98 Å². The van der Waals surface area contributed by atoms with Crippen LogP contribution in [0.5, 0.6) is 0 Å². The minimum atomic E-state index is -3.34. The summed E-state index contributed by atoms with van der Waals surface area (Å²) in [6, 6.07) is 7.21. The number of nitrogen functional groups attached to an aromatic ring is 1. The number of amidine groups is 1. The van der Waals surface area contributed by atoms with Crippen LogP contribution in [0.25, 0.3) is 0 Å². The van der Waals surface area contributed by atoms with Crippen molar-refractivity contribution in [2.75, 3.05) is 28.2 Å². The Morgan fingerprint density at radius 3 is 2.82 bits per heavy atom. The first kappa shape index (κ1) is 14.5. The molecule has 8 heteroatoms. The van der Waals surface area contributed by atoms with Crippen molar-refractivity contribution in [2.24, 2.45) is 0 Å². The van der Waals surface area contributed by atoms with Crippen LogP contribution in [0, 0.1) is 5.41 Å². The van der Waals surface area contributed by atoms with Crippen LogP contribution in [0.4, 0.5) is 17.2 Å². The molecule has 0 spiro atoms. The van der Waals surface area contributed by atoms with Crippen LogP contribution in [-0.4, -0.2) is 32.0 Å². The summed E-state index contributed by atoms with van der Waals surface area (Å²) in [5.74, 6) is 0.512. The number of aromatic amines is 1. The van der Waals surface area contributed by atoms with Crippen LogP contribution in [0.2, 0.25) is 0 Å². The van der Waals surface area contributed by atoms with Gasteiger partial charge < -0.3 is 16.0 Å². The molecule has 1 aromatic carbocycles. The van der Waals surface area contributed by atoms with Crippen LogP contribution in [-0.2, 0) is 16.4 Å². The van der Waals surface area contributed by atoms with E-state index in [-0.39, 0.29) is 5.84 Å². The molecule has 3 rings (SSSR count). The Labute approximate surface area is 128 Å². The molecular weight excluding hydrogens is 302 g/mol. The normalized spacial score (nSPS) is 14.0. The first-order valence-electron chi connectivity index (χ1n) is 6.76. The molecule has 0 bridgehead atoms. The highest BCUT2D eigenvalue weighted by atomic mass is 32.2. The fourth-order valence-corrected chi connectivity index (χ4v) is 3.63. The number of rotatable bonds is 3. The predicted octanol–water partition coefficient (Wildman–Crippen LogP) is 1.36. The Morgan fingerprint density at radius 1 is 1.41 bits per heavy atom. The van der Waals surface area contributed by atoms with Gasteiger partial charge in [-0.3, -0.25) is 9.71 Å². The Balaban J connectivity index is 1.98. The van der Waals surface area contributed by atoms with Gasteiger partial charge in [0.15, 0.2) is 0 Å². The van der Waals surface area contributed by atoms with Crippen LogP contribution >= 0.6 is 0 Å². The molecule has 5 N–H and O–H groups in total. The van der Waals surface area contributed by atoms with Crippen molar-refractivity contribution >= 4 is 33.1 Å². The smallest absolute Gasteiger partial charge is 0.232 e. The minimum absolute atomic E-state index is 0.118. The van der Waals surface area contributed by atoms with Gasteiger partial charge in [-0.25, -0.2) is 8.42 Å². The molecule has 0 radical (unpaired) electrons. The quantitative estimate of drug-likeness (QED) is 0.505. The molecule has 0 saturated carbocycles. The number of fused-ring (bicyclic) bond motifs is 1. The first-order valence-corrected chi connectivity index (χ1v) is 8.61. The van der Waals surface area contributed by atoms with E-state index in [0.29, 0.717) is 35.7 Å². The highest BCUT2D eigenvalue weighted by molar-refractivity contribution is 7.92. The summed E-state index contributed by atoms with van der Waals surface area (Å²) in [4.78, 5) is 2.81. The molecule has 1 aliphatic rings. The molecule has 7 nitrogen and oxygen atoms in total. The zero-order chi connectivity index (χ0) is 15.9. The van der Waals surface area contributed by atoms with E-state index in [1.54, 1.807) is 18.3 Å². The number of nitrogens with two attached hydrogens (primary N) is 1. The van der Waals surface area contributed by atoms with E-state index < -0.39 is 10.0 Å². The number of hydrogen-bond acceptors (Lipinski definition) is 4. The third-order valence-corrected chi connectivity index (χ3v) is 4.83. The van der Waals surface area contributed by atoms with Gasteiger partial charge in [0, 0.05) is 12.7 Å². The molecule has 0 atom stereocenters. The van der Waals surface area contributed by atoms with Crippen LogP contribution in [0.3, 0.4) is 0 Å². The summed E-state index contributed by atoms with van der Waals surface area (Å²) in [6.07, 6.45) is 3.50. The molecule has 22 heavy (non-hydrogen) atoms. The van der Waals surface area contributed by atoms with Crippen molar-refractivity contribution in [3.63, 3.8) is 0 Å². The molecule has 0 amide bonds. The molecule has 2 aromatic rings. The zero-order valence-corrected chi connectivity index (χ0v) is 12.9. The second kappa shape index (κ2) is 5.06. The maximum Gasteiger partial charge on any atom is 0.232 e. The Hall–Kier alpha value is -2.48. The third-order valence-electron chi connectivity index (χ3n) is 3.66. The average Bonchev–Trinajstić information content (AvgIpc) is 3.04. The van der Waals surface area contributed by atoms with E-state index in [4.69, 9.17) is 11.1 Å². The summed E-state index contributed by atoms with van der Waals surface area (Å²) in [6.45, 7) is 0.423. The van der Waals surface area contributed by atoms with Gasteiger partial charge in [-0.2, -0.15) is 0 Å². The van der Waals surface area contributed by atoms with Crippen LogP contribution in [0.15, 0.2) is 30.5 Å². The number of benzene rings is 1. The van der Waals surface area contributed by atoms with Crippen LogP contribution < -0.4 is 15.4 Å². The number of sulfonamides is 1. The van der Waals surface area contributed by atoms with Crippen molar-refractivity contribution in [3.8, 4) is 0 Å². The van der Waals surface area contributed by atoms with E-state index in [0.717, 1.165) is 5.56 Å². The minimum Gasteiger partial charge on any atom is -0.385 e. The van der Waals surface area contributed by atoms with Gasteiger partial charge in [0.1, 0.15) is 11.7 Å². The molecule has 0 saturated heterocycles. The molecule has 1 aliphatic heterocycles. The maximum absolute atomic E-state index is 11.9. The van der Waals surface area contributed by atoms with E-state index in [1.807, 2.05) is 12.1 Å². The fourth-order valence-electron chi connectivity index (χ4n) is 2.66. The topological polar surface area (TPSA) is 115 Å². The van der Waals surface area contributed by atoms with E-state index >= 15 is 0 Å². The summed E-state index contributed by atoms with van der Waals surface area (Å²) in [5, 5.41) is 11.1. The molecular formula is C14H17N5O2S. The Bertz CT molecular complexity index is 841. The largest absolute Gasteiger partial charge is 0.385 e. The standard InChI is InChI=1S/C14H17N5O2S/c1-22(20,21)19-8-6-9-3-2-4-11(12(9)19)18-14(16)10-5-7-17-13(10)15/h2-5,7,17H,6,8,15H2,1H3,(H2,16,18). The van der Waals surface area contributed by atoms with Crippen molar-refractivity contribution in [2.45, 2.75) is 6.42 Å². The molecule has 1 aromatic heterocycles. The maximum atomic E-state index is 11.9. The summed E-state index contributed by atoms with van der Waals surface area (Å²) in [7, 11) is -3.34. The predicted molar refractivity (Wildman–Crippen MR) is 88.0 cm³/mol. The summed E-state index contributed by atoms with van der Waals surface area (Å²) < 4.78 is 25.2.